The number of nitrogens with zero attached hydrogens (tertiary/aromatic N) is 1. The monoisotopic (exact) mass is 357 g/mol. The van der Waals surface area contributed by atoms with Gasteiger partial charge in [0.1, 0.15) is 35.5 Å². The summed E-state index contributed by atoms with van der Waals surface area (Å²) in [6.45, 7) is 0.945. The quantitative estimate of drug-likeness (QED) is 0.160. The average Bonchev–Trinajstić information content (AvgIpc) is 2.90. The van der Waals surface area contributed by atoms with Gasteiger partial charge in [0, 0.05) is 20.1 Å². The van der Waals surface area contributed by atoms with Crippen LogP contribution in [0, 0.1) is 5.41 Å². The zero-order valence-electron chi connectivity index (χ0n) is 14.2. The summed E-state index contributed by atoms with van der Waals surface area (Å²) < 4.78 is 5.22. The number of amides is 1. The van der Waals surface area contributed by atoms with E-state index in [0.717, 1.165) is 19.3 Å². The van der Waals surface area contributed by atoms with Gasteiger partial charge in [-0.25, -0.2) is 0 Å². The third-order valence-corrected chi connectivity index (χ3v) is 4.49. The predicted octanol–water partition coefficient (Wildman–Crippen LogP) is -2.61. The highest BCUT2D eigenvalue weighted by Gasteiger charge is 2.43. The van der Waals surface area contributed by atoms with E-state index in [1.54, 1.807) is 0 Å². The average molecular weight is 357 g/mol. The van der Waals surface area contributed by atoms with Gasteiger partial charge in [-0.2, -0.15) is 0 Å². The molecule has 0 bridgehead atoms. The molecule has 0 saturated carbocycles. The van der Waals surface area contributed by atoms with Crippen molar-refractivity contribution in [2.45, 2.75) is 43.8 Å². The first-order valence-corrected chi connectivity index (χ1v) is 8.35. The Morgan fingerprint density at radius 2 is 1.92 bits per heavy atom. The van der Waals surface area contributed by atoms with E-state index in [-0.39, 0.29) is 17.2 Å². The number of carbonyl (C=O) groups excluding carboxylic acids is 1. The summed E-state index contributed by atoms with van der Waals surface area (Å²) >= 11 is 0. The molecule has 2 aliphatic rings. The van der Waals surface area contributed by atoms with Crippen molar-refractivity contribution in [2.24, 2.45) is 5.73 Å². The predicted molar refractivity (Wildman–Crippen MR) is 89.3 cm³/mol. The van der Waals surface area contributed by atoms with Crippen LogP contribution >= 0.6 is 0 Å². The second-order valence-corrected chi connectivity index (χ2v) is 6.17. The van der Waals surface area contributed by atoms with Crippen LogP contribution in [0.2, 0.25) is 0 Å². The molecule has 0 aromatic carbocycles. The molecule has 0 radical (unpaired) electrons. The Morgan fingerprint density at radius 1 is 1.28 bits per heavy atom. The van der Waals surface area contributed by atoms with E-state index in [1.807, 2.05) is 4.90 Å². The highest BCUT2D eigenvalue weighted by atomic mass is 16.6. The van der Waals surface area contributed by atoms with Crippen LogP contribution in [0.4, 0.5) is 0 Å². The number of carbonyl (C=O) groups is 1. The fraction of sp³-hybridized carbons (Fsp3) is 0.733. The maximum atomic E-state index is 12.4. The third-order valence-electron chi connectivity index (χ3n) is 4.49. The van der Waals surface area contributed by atoms with E-state index in [9.17, 15) is 15.0 Å². The van der Waals surface area contributed by atoms with Crippen molar-refractivity contribution < 1.29 is 24.9 Å². The molecule has 2 saturated heterocycles. The highest BCUT2D eigenvalue weighted by molar-refractivity contribution is 6.04. The van der Waals surface area contributed by atoms with E-state index in [0.29, 0.717) is 13.1 Å². The molecule has 2 heterocycles. The molecule has 2 aliphatic heterocycles. The molecule has 2 rings (SSSR count). The molecular weight excluding hydrogens is 330 g/mol. The van der Waals surface area contributed by atoms with Crippen LogP contribution in [0.5, 0.6) is 0 Å². The van der Waals surface area contributed by atoms with Crippen molar-refractivity contribution in [3.63, 3.8) is 0 Å². The van der Waals surface area contributed by atoms with Crippen molar-refractivity contribution in [1.82, 2.24) is 15.5 Å². The molecule has 4 atom stereocenters. The van der Waals surface area contributed by atoms with Crippen LogP contribution in [0.15, 0.2) is 11.4 Å². The molecule has 0 aliphatic carbocycles. The van der Waals surface area contributed by atoms with Crippen LogP contribution in [0.1, 0.15) is 19.3 Å². The normalized spacial score (nSPS) is 30.6. The van der Waals surface area contributed by atoms with Gasteiger partial charge < -0.3 is 41.3 Å². The van der Waals surface area contributed by atoms with Gasteiger partial charge in [-0.1, -0.05) is 0 Å². The second-order valence-electron chi connectivity index (χ2n) is 6.17. The smallest absolute Gasteiger partial charge is 0.271 e. The molecular formula is C15H27N5O5. The molecule has 10 nitrogen and oxygen atoms in total. The van der Waals surface area contributed by atoms with Gasteiger partial charge in [-0.05, 0) is 19.3 Å². The Balaban J connectivity index is 2.08. The zero-order valence-corrected chi connectivity index (χ0v) is 14.2. The Kier molecular flexibility index (Phi) is 6.59. The zero-order chi connectivity index (χ0) is 18.6. The van der Waals surface area contributed by atoms with Gasteiger partial charge in [-0.15, -0.1) is 0 Å². The second kappa shape index (κ2) is 8.48. The lowest BCUT2D eigenvalue weighted by atomic mass is 10.1. The van der Waals surface area contributed by atoms with Gasteiger partial charge in [0.25, 0.3) is 5.91 Å². The minimum absolute atomic E-state index is 0.00589. The number of rotatable bonds is 5. The lowest BCUT2D eigenvalue weighted by Gasteiger charge is -2.29. The number of amidine groups is 1. The number of aliphatic hydroxyl groups is 3. The first-order chi connectivity index (χ1) is 11.9. The number of nitrogens with two attached hydrogens (primary N) is 1. The number of nitrogens with one attached hydrogen (secondary N) is 3. The van der Waals surface area contributed by atoms with Crippen LogP contribution in [-0.4, -0.2) is 83.2 Å². The standard InChI is InChI=1S/C15H27N5O5/c1-18-10(9(16)13(17)20-5-3-2-4-6-20)14(24)19-15-12(23)11(22)8(7-21)25-15/h8,11-12,15,17-18,21-23H,2-7,16H2,1H3,(H,19,24)/b10-9+,17-13?. The largest absolute Gasteiger partial charge is 0.394 e. The molecule has 4 unspecified atom stereocenters. The molecule has 25 heavy (non-hydrogen) atoms. The van der Waals surface area contributed by atoms with Crippen LogP contribution in [-0.2, 0) is 9.53 Å². The van der Waals surface area contributed by atoms with Gasteiger partial charge in [0.15, 0.2) is 6.23 Å². The highest BCUT2D eigenvalue weighted by Crippen LogP contribution is 2.19. The molecule has 10 heteroatoms. The molecule has 142 valence electrons. The lowest BCUT2D eigenvalue weighted by Crippen LogP contribution is -2.47. The summed E-state index contributed by atoms with van der Waals surface area (Å²) in [7, 11) is 1.50. The Bertz CT molecular complexity index is 534. The van der Waals surface area contributed by atoms with Crippen LogP contribution < -0.4 is 16.4 Å². The number of piperidine rings is 1. The summed E-state index contributed by atoms with van der Waals surface area (Å²) in [5, 5.41) is 42.0. The fourth-order valence-electron chi connectivity index (χ4n) is 3.00. The number of likely N-dealkylation sites (N-methyl/N-ethyl adjacent to an activating group) is 1. The Hall–Kier alpha value is -1.88. The lowest BCUT2D eigenvalue weighted by molar-refractivity contribution is -0.124. The van der Waals surface area contributed by atoms with E-state index >= 15 is 0 Å². The minimum atomic E-state index is -1.37. The number of hydrogen-bond donors (Lipinski definition) is 7. The Morgan fingerprint density at radius 3 is 2.44 bits per heavy atom. The minimum Gasteiger partial charge on any atom is -0.394 e. The first-order valence-electron chi connectivity index (χ1n) is 8.35. The molecule has 0 aromatic rings. The Labute approximate surface area is 146 Å². The number of aliphatic hydroxyl groups excluding tert-OH is 3. The topological polar surface area (TPSA) is 164 Å². The SMILES string of the molecule is CN/C(C(=O)NC1OC(CO)C(O)C1O)=C(/N)C(=N)N1CCCCC1. The first kappa shape index (κ1) is 19.4. The third kappa shape index (κ3) is 4.21. The maximum Gasteiger partial charge on any atom is 0.271 e. The molecule has 2 fully saturated rings. The van der Waals surface area contributed by atoms with Crippen LogP contribution in [0.25, 0.3) is 0 Å². The van der Waals surface area contributed by atoms with Crippen molar-refractivity contribution in [3.8, 4) is 0 Å². The van der Waals surface area contributed by atoms with Crippen molar-refractivity contribution in [2.75, 3.05) is 26.7 Å². The summed E-state index contributed by atoms with van der Waals surface area (Å²) in [6.07, 6.45) is -1.79. The van der Waals surface area contributed by atoms with E-state index in [4.69, 9.17) is 21.0 Å². The summed E-state index contributed by atoms with van der Waals surface area (Å²) in [5.74, 6) is -0.600. The number of likely N-dealkylation sites (tertiary alicyclic amines) is 1. The molecule has 0 aromatic heterocycles. The van der Waals surface area contributed by atoms with E-state index in [1.165, 1.54) is 7.05 Å². The summed E-state index contributed by atoms with van der Waals surface area (Å²) in [5.41, 5.74) is 5.96. The molecule has 0 spiro atoms. The van der Waals surface area contributed by atoms with Crippen molar-refractivity contribution in [3.05, 3.63) is 11.4 Å². The van der Waals surface area contributed by atoms with Crippen molar-refractivity contribution in [1.29, 1.82) is 5.41 Å². The van der Waals surface area contributed by atoms with E-state index in [2.05, 4.69) is 10.6 Å². The van der Waals surface area contributed by atoms with Crippen LogP contribution in [0.3, 0.4) is 0 Å². The summed E-state index contributed by atoms with van der Waals surface area (Å²) in [4.78, 5) is 14.3. The number of hydrogen-bond acceptors (Lipinski definition) is 8. The number of ether oxygens (including phenoxy) is 1. The van der Waals surface area contributed by atoms with Crippen molar-refractivity contribution >= 4 is 11.7 Å². The van der Waals surface area contributed by atoms with E-state index < -0.39 is 37.1 Å². The van der Waals surface area contributed by atoms with Gasteiger partial charge in [0.2, 0.25) is 0 Å². The molecule has 1 amide bonds. The maximum absolute atomic E-state index is 12.4. The fourth-order valence-corrected chi connectivity index (χ4v) is 3.00. The summed E-state index contributed by atoms with van der Waals surface area (Å²) in [6, 6.07) is 0. The van der Waals surface area contributed by atoms with Gasteiger partial charge >= 0.3 is 0 Å². The molecule has 8 N–H and O–H groups in total. The van der Waals surface area contributed by atoms with Gasteiger partial charge in [-0.3, -0.25) is 10.2 Å². The van der Waals surface area contributed by atoms with Gasteiger partial charge in [0.05, 0.1) is 6.61 Å².